The topological polar surface area (TPSA) is 66.0 Å². The van der Waals surface area contributed by atoms with E-state index < -0.39 is 5.97 Å². The first-order valence-electron chi connectivity index (χ1n) is 4.57. The Morgan fingerprint density at radius 2 is 2.31 bits per heavy atom. The Labute approximate surface area is 101 Å². The molecule has 2 aromatic rings. The second-order valence-electron chi connectivity index (χ2n) is 2.96. The Kier molecular flexibility index (Phi) is 5.28. The lowest BCUT2D eigenvalue weighted by atomic mass is 10.2. The number of aliphatic carboxylic acids is 1. The zero-order valence-corrected chi connectivity index (χ0v) is 10.0. The van der Waals surface area contributed by atoms with Crippen molar-refractivity contribution in [2.75, 3.05) is 0 Å². The average molecular weight is 283 g/mol. The molecule has 0 aliphatic heterocycles. The van der Waals surface area contributed by atoms with Crippen LogP contribution in [0.3, 0.4) is 0 Å². The number of carboxylic acid groups (broad SMARTS) is 1. The number of aromatic amines is 1. The maximum atomic E-state index is 10.3. The average Bonchev–Trinajstić information content (AvgIpc) is 2.73. The van der Waals surface area contributed by atoms with Crippen LogP contribution in [0.2, 0.25) is 0 Å². The Hall–Kier alpha value is -1.62. The predicted molar refractivity (Wildman–Crippen MR) is 64.1 cm³/mol. The van der Waals surface area contributed by atoms with Gasteiger partial charge in [0, 0.05) is 16.9 Å². The van der Waals surface area contributed by atoms with E-state index in [2.05, 4.69) is 25.9 Å². The first kappa shape index (κ1) is 12.4. The highest BCUT2D eigenvalue weighted by Gasteiger charge is 1.99. The van der Waals surface area contributed by atoms with Crippen molar-refractivity contribution in [3.63, 3.8) is 0 Å². The van der Waals surface area contributed by atoms with E-state index in [-0.39, 0.29) is 6.42 Å². The summed E-state index contributed by atoms with van der Waals surface area (Å²) in [5.74, 6) is -0.803. The highest BCUT2D eigenvalue weighted by molar-refractivity contribution is 9.10. The normalized spacial score (nSPS) is 9.06. The van der Waals surface area contributed by atoms with Crippen LogP contribution in [0.5, 0.6) is 0 Å². The van der Waals surface area contributed by atoms with E-state index >= 15 is 0 Å². The summed E-state index contributed by atoms with van der Waals surface area (Å²) in [7, 11) is 0. The van der Waals surface area contributed by atoms with Crippen molar-refractivity contribution in [3.05, 3.63) is 53.0 Å². The van der Waals surface area contributed by atoms with Gasteiger partial charge in [-0.1, -0.05) is 28.1 Å². The first-order chi connectivity index (χ1) is 7.68. The fraction of sp³-hybridized carbons (Fsp3) is 0.0909. The minimum Gasteiger partial charge on any atom is -0.481 e. The maximum Gasteiger partial charge on any atom is 0.307 e. The van der Waals surface area contributed by atoms with E-state index in [0.29, 0.717) is 0 Å². The smallest absolute Gasteiger partial charge is 0.307 e. The number of nitrogens with zero attached hydrogens (tertiary/aromatic N) is 1. The molecule has 0 saturated carbocycles. The number of H-pyrrole nitrogens is 1. The van der Waals surface area contributed by atoms with Crippen molar-refractivity contribution in [2.45, 2.75) is 6.42 Å². The summed E-state index contributed by atoms with van der Waals surface area (Å²) in [5.41, 5.74) is 0.812. The quantitative estimate of drug-likeness (QED) is 0.889. The van der Waals surface area contributed by atoms with E-state index in [9.17, 15) is 4.79 Å². The molecule has 1 heterocycles. The lowest BCUT2D eigenvalue weighted by molar-refractivity contribution is -0.136. The third kappa shape index (κ3) is 5.31. The fourth-order valence-electron chi connectivity index (χ4n) is 1.04. The summed E-state index contributed by atoms with van der Waals surface area (Å²) in [6.45, 7) is 0. The monoisotopic (exact) mass is 282 g/mol. The summed E-state index contributed by atoms with van der Waals surface area (Å²) in [6.07, 6.45) is 5.17. The van der Waals surface area contributed by atoms with Gasteiger partial charge in [-0.15, -0.1) is 0 Å². The molecule has 2 N–H and O–H groups in total. The van der Waals surface area contributed by atoms with E-state index in [4.69, 9.17) is 5.11 Å². The Balaban J connectivity index is 0.000000212. The van der Waals surface area contributed by atoms with Crippen molar-refractivity contribution in [1.29, 1.82) is 0 Å². The van der Waals surface area contributed by atoms with Gasteiger partial charge < -0.3 is 10.1 Å². The number of aromatic nitrogens is 2. The number of halogens is 1. The summed E-state index contributed by atoms with van der Waals surface area (Å²) in [6, 6.07) is 7.28. The number of carbonyl (C=O) groups is 1. The molecule has 0 radical (unpaired) electrons. The molecule has 0 atom stereocenters. The molecule has 0 aliphatic carbocycles. The van der Waals surface area contributed by atoms with Gasteiger partial charge in [-0.3, -0.25) is 4.79 Å². The molecule has 0 saturated heterocycles. The second-order valence-corrected chi connectivity index (χ2v) is 3.88. The maximum absolute atomic E-state index is 10.3. The molecule has 0 fully saturated rings. The van der Waals surface area contributed by atoms with Gasteiger partial charge in [0.1, 0.15) is 0 Å². The van der Waals surface area contributed by atoms with E-state index in [0.717, 1.165) is 10.0 Å². The van der Waals surface area contributed by atoms with E-state index in [1.807, 2.05) is 12.1 Å². The summed E-state index contributed by atoms with van der Waals surface area (Å²) in [4.78, 5) is 16.7. The van der Waals surface area contributed by atoms with Gasteiger partial charge >= 0.3 is 5.97 Å². The van der Waals surface area contributed by atoms with Crippen molar-refractivity contribution >= 4 is 21.9 Å². The van der Waals surface area contributed by atoms with Crippen molar-refractivity contribution in [2.24, 2.45) is 0 Å². The number of carboxylic acids is 1. The second kappa shape index (κ2) is 6.79. The number of imidazole rings is 1. The molecule has 2 rings (SSSR count). The molecular formula is C11H11BrN2O2. The SMILES string of the molecule is O=C(O)Cc1cccc(Br)c1.c1c[nH]cn1. The molecule has 0 bridgehead atoms. The number of benzene rings is 1. The highest BCUT2D eigenvalue weighted by atomic mass is 79.9. The number of rotatable bonds is 2. The molecule has 1 aromatic heterocycles. The fourth-order valence-corrected chi connectivity index (χ4v) is 1.48. The van der Waals surface area contributed by atoms with Crippen LogP contribution in [0.1, 0.15) is 5.56 Å². The molecular weight excluding hydrogens is 272 g/mol. The van der Waals surface area contributed by atoms with E-state index in [1.165, 1.54) is 0 Å². The minimum atomic E-state index is -0.803. The third-order valence-electron chi connectivity index (χ3n) is 1.65. The number of nitrogens with one attached hydrogen (secondary N) is 1. The predicted octanol–water partition coefficient (Wildman–Crippen LogP) is 2.49. The van der Waals surface area contributed by atoms with Crippen LogP contribution in [-0.2, 0) is 11.2 Å². The molecule has 0 amide bonds. The molecule has 5 heteroatoms. The van der Waals surface area contributed by atoms with Gasteiger partial charge in [-0.2, -0.15) is 0 Å². The van der Waals surface area contributed by atoms with Gasteiger partial charge in [0.2, 0.25) is 0 Å². The lowest BCUT2D eigenvalue weighted by Gasteiger charge is -1.95. The van der Waals surface area contributed by atoms with Crippen LogP contribution in [0.4, 0.5) is 0 Å². The third-order valence-corrected chi connectivity index (χ3v) is 2.14. The van der Waals surface area contributed by atoms with Gasteiger partial charge in [0.25, 0.3) is 0 Å². The van der Waals surface area contributed by atoms with E-state index in [1.54, 1.807) is 30.9 Å². The van der Waals surface area contributed by atoms with Crippen LogP contribution in [0.25, 0.3) is 0 Å². The molecule has 4 nitrogen and oxygen atoms in total. The van der Waals surface area contributed by atoms with Gasteiger partial charge in [-0.25, -0.2) is 4.98 Å². The van der Waals surface area contributed by atoms with Crippen LogP contribution in [-0.4, -0.2) is 21.0 Å². The molecule has 0 unspecified atom stereocenters. The van der Waals surface area contributed by atoms with Crippen molar-refractivity contribution < 1.29 is 9.90 Å². The lowest BCUT2D eigenvalue weighted by Crippen LogP contribution is -1.99. The Bertz CT molecular complexity index is 412. The highest BCUT2D eigenvalue weighted by Crippen LogP contribution is 2.11. The molecule has 1 aromatic carbocycles. The molecule has 84 valence electrons. The zero-order chi connectivity index (χ0) is 11.8. The summed E-state index contributed by atoms with van der Waals surface area (Å²) < 4.78 is 0.913. The van der Waals surface area contributed by atoms with Gasteiger partial charge in [0.05, 0.1) is 12.7 Å². The Morgan fingerprint density at radius 3 is 2.75 bits per heavy atom. The van der Waals surface area contributed by atoms with Gasteiger partial charge in [0.15, 0.2) is 0 Å². The number of hydrogen-bond donors (Lipinski definition) is 2. The van der Waals surface area contributed by atoms with Crippen LogP contribution in [0.15, 0.2) is 47.5 Å². The summed E-state index contributed by atoms with van der Waals surface area (Å²) in [5, 5.41) is 8.44. The number of hydrogen-bond acceptors (Lipinski definition) is 2. The van der Waals surface area contributed by atoms with Crippen molar-refractivity contribution in [1.82, 2.24) is 9.97 Å². The Morgan fingerprint density at radius 1 is 1.50 bits per heavy atom. The first-order valence-corrected chi connectivity index (χ1v) is 5.37. The standard InChI is InChI=1S/C8H7BrO2.C3H4N2/c9-7-3-1-2-6(4-7)5-8(10)11;1-2-5-3-4-1/h1-4H,5H2,(H,10,11);1-3H,(H,4,5). The molecule has 0 aliphatic rings. The van der Waals surface area contributed by atoms with Crippen LogP contribution < -0.4 is 0 Å². The zero-order valence-electron chi connectivity index (χ0n) is 8.43. The molecule has 16 heavy (non-hydrogen) atoms. The summed E-state index contributed by atoms with van der Waals surface area (Å²) >= 11 is 3.26. The molecule has 0 spiro atoms. The minimum absolute atomic E-state index is 0.0828. The van der Waals surface area contributed by atoms with Crippen molar-refractivity contribution in [3.8, 4) is 0 Å². The van der Waals surface area contributed by atoms with Crippen LogP contribution >= 0.6 is 15.9 Å². The largest absolute Gasteiger partial charge is 0.481 e. The van der Waals surface area contributed by atoms with Crippen LogP contribution in [0, 0.1) is 0 Å². The van der Waals surface area contributed by atoms with Gasteiger partial charge in [-0.05, 0) is 17.7 Å².